The first-order valence-corrected chi connectivity index (χ1v) is 4.21. The number of nitrogens with zero attached hydrogens (tertiary/aromatic N) is 1. The van der Waals surface area contributed by atoms with Crippen LogP contribution in [0.2, 0.25) is 0 Å². The highest BCUT2D eigenvalue weighted by Crippen LogP contribution is 2.35. The number of hydrogen-bond donors (Lipinski definition) is 0. The molecule has 13 heavy (non-hydrogen) atoms. The van der Waals surface area contributed by atoms with E-state index < -0.39 is 12.1 Å². The van der Waals surface area contributed by atoms with Gasteiger partial charge in [0.1, 0.15) is 0 Å². The van der Waals surface area contributed by atoms with Crippen molar-refractivity contribution in [2.24, 2.45) is 5.92 Å². The van der Waals surface area contributed by atoms with Crippen molar-refractivity contribution < 1.29 is 17.9 Å². The highest BCUT2D eigenvalue weighted by atomic mass is 19.4. The Morgan fingerprint density at radius 2 is 2.08 bits per heavy atom. The summed E-state index contributed by atoms with van der Waals surface area (Å²) in [6.45, 7) is 0.473. The third kappa shape index (κ3) is 2.57. The summed E-state index contributed by atoms with van der Waals surface area (Å²) in [5, 5.41) is 0. The average molecular weight is 197 g/mol. The topological polar surface area (TPSA) is 12.5 Å². The van der Waals surface area contributed by atoms with Gasteiger partial charge in [0.15, 0.2) is 0 Å². The molecule has 1 aliphatic heterocycles. The summed E-state index contributed by atoms with van der Waals surface area (Å²) in [4.78, 5) is 1.71. The van der Waals surface area contributed by atoms with Crippen LogP contribution in [0.1, 0.15) is 6.42 Å². The maximum atomic E-state index is 12.3. The van der Waals surface area contributed by atoms with E-state index in [1.807, 2.05) is 0 Å². The van der Waals surface area contributed by atoms with Crippen LogP contribution < -0.4 is 0 Å². The molecule has 78 valence electrons. The van der Waals surface area contributed by atoms with Gasteiger partial charge in [-0.05, 0) is 13.5 Å². The lowest BCUT2D eigenvalue weighted by Gasteiger charge is -2.17. The van der Waals surface area contributed by atoms with Gasteiger partial charge >= 0.3 is 6.18 Å². The van der Waals surface area contributed by atoms with Gasteiger partial charge in [0.25, 0.3) is 0 Å². The standard InChI is InChI=1S/C8H14F3NO/c1-12-4-6(8(9,10)11)3-7(12)5-13-2/h6-7H,3-5H2,1-2H3/t6-,7+/m1/s1. The predicted octanol–water partition coefficient (Wildman–Crippen LogP) is 1.52. The molecule has 0 saturated carbocycles. The molecular weight excluding hydrogens is 183 g/mol. The SMILES string of the molecule is COC[C@@H]1C[C@@H](C(F)(F)F)CN1C. The van der Waals surface area contributed by atoms with Gasteiger partial charge in [-0.3, -0.25) is 0 Å². The minimum absolute atomic E-state index is 0.0865. The predicted molar refractivity (Wildman–Crippen MR) is 42.5 cm³/mol. The zero-order valence-electron chi connectivity index (χ0n) is 7.77. The van der Waals surface area contributed by atoms with Crippen LogP contribution in [-0.2, 0) is 4.74 Å². The van der Waals surface area contributed by atoms with Crippen molar-refractivity contribution in [2.45, 2.75) is 18.6 Å². The smallest absolute Gasteiger partial charge is 0.383 e. The zero-order valence-corrected chi connectivity index (χ0v) is 7.77. The molecule has 0 aromatic carbocycles. The van der Waals surface area contributed by atoms with Crippen LogP contribution >= 0.6 is 0 Å². The van der Waals surface area contributed by atoms with Gasteiger partial charge in [-0.25, -0.2) is 0 Å². The summed E-state index contributed by atoms with van der Waals surface area (Å²) in [5.74, 6) is -1.18. The lowest BCUT2D eigenvalue weighted by molar-refractivity contribution is -0.170. The normalized spacial score (nSPS) is 31.2. The van der Waals surface area contributed by atoms with Crippen LogP contribution in [0.3, 0.4) is 0 Å². The van der Waals surface area contributed by atoms with Crippen LogP contribution in [0.25, 0.3) is 0 Å². The summed E-state index contributed by atoms with van der Waals surface area (Å²) >= 11 is 0. The molecule has 2 nitrogen and oxygen atoms in total. The van der Waals surface area contributed by atoms with Crippen molar-refractivity contribution in [2.75, 3.05) is 27.3 Å². The molecule has 1 rings (SSSR count). The molecule has 0 radical (unpaired) electrons. The molecule has 1 saturated heterocycles. The zero-order chi connectivity index (χ0) is 10.1. The summed E-state index contributed by atoms with van der Waals surface area (Å²) in [6.07, 6.45) is -3.90. The van der Waals surface area contributed by atoms with E-state index in [0.29, 0.717) is 6.61 Å². The van der Waals surface area contributed by atoms with Gasteiger partial charge < -0.3 is 9.64 Å². The van der Waals surface area contributed by atoms with Crippen LogP contribution in [0.5, 0.6) is 0 Å². The Morgan fingerprint density at radius 1 is 1.46 bits per heavy atom. The fourth-order valence-corrected chi connectivity index (χ4v) is 1.70. The summed E-state index contributed by atoms with van der Waals surface area (Å²) in [5.41, 5.74) is 0. The molecule has 1 heterocycles. The molecule has 0 aromatic heterocycles. The van der Waals surface area contributed by atoms with Crippen LogP contribution in [0, 0.1) is 5.92 Å². The number of hydrogen-bond acceptors (Lipinski definition) is 2. The lowest BCUT2D eigenvalue weighted by Crippen LogP contribution is -2.29. The van der Waals surface area contributed by atoms with Crippen molar-refractivity contribution >= 4 is 0 Å². The van der Waals surface area contributed by atoms with Crippen molar-refractivity contribution in [1.82, 2.24) is 4.90 Å². The minimum atomic E-state index is -4.06. The van der Waals surface area contributed by atoms with E-state index in [0.717, 1.165) is 0 Å². The van der Waals surface area contributed by atoms with Crippen molar-refractivity contribution in [1.29, 1.82) is 0 Å². The molecule has 0 bridgehead atoms. The molecule has 0 aromatic rings. The van der Waals surface area contributed by atoms with E-state index in [1.165, 1.54) is 7.11 Å². The number of rotatable bonds is 2. The number of methoxy groups -OCH3 is 1. The van der Waals surface area contributed by atoms with Gasteiger partial charge in [0.05, 0.1) is 12.5 Å². The molecule has 5 heteroatoms. The molecule has 1 fully saturated rings. The third-order valence-electron chi connectivity index (χ3n) is 2.51. The van der Waals surface area contributed by atoms with E-state index in [4.69, 9.17) is 4.74 Å². The van der Waals surface area contributed by atoms with Crippen molar-refractivity contribution in [3.8, 4) is 0 Å². The van der Waals surface area contributed by atoms with E-state index in [2.05, 4.69) is 0 Å². The fraction of sp³-hybridized carbons (Fsp3) is 1.00. The average Bonchev–Trinajstić information content (AvgIpc) is 2.32. The number of likely N-dealkylation sites (N-methyl/N-ethyl adjacent to an activating group) is 1. The van der Waals surface area contributed by atoms with E-state index in [-0.39, 0.29) is 19.0 Å². The Hall–Kier alpha value is -0.290. The second kappa shape index (κ2) is 3.84. The third-order valence-corrected chi connectivity index (χ3v) is 2.51. The number of ether oxygens (including phenoxy) is 1. The van der Waals surface area contributed by atoms with E-state index in [1.54, 1.807) is 11.9 Å². The number of halogens is 3. The van der Waals surface area contributed by atoms with E-state index >= 15 is 0 Å². The molecule has 1 aliphatic rings. The highest BCUT2D eigenvalue weighted by Gasteiger charge is 2.46. The molecule has 2 atom stereocenters. The Balaban J connectivity index is 2.50. The van der Waals surface area contributed by atoms with Crippen molar-refractivity contribution in [3.63, 3.8) is 0 Å². The molecule has 0 N–H and O–H groups in total. The van der Waals surface area contributed by atoms with E-state index in [9.17, 15) is 13.2 Å². The monoisotopic (exact) mass is 197 g/mol. The summed E-state index contributed by atoms with van der Waals surface area (Å²) < 4.78 is 41.7. The van der Waals surface area contributed by atoms with Gasteiger partial charge in [-0.2, -0.15) is 13.2 Å². The number of alkyl halides is 3. The first-order valence-electron chi connectivity index (χ1n) is 4.21. The maximum absolute atomic E-state index is 12.3. The van der Waals surface area contributed by atoms with Gasteiger partial charge in [0, 0.05) is 19.7 Å². The molecule has 0 aliphatic carbocycles. The Kier molecular flexibility index (Phi) is 3.18. The molecule has 0 spiro atoms. The Morgan fingerprint density at radius 3 is 2.46 bits per heavy atom. The van der Waals surface area contributed by atoms with Gasteiger partial charge in [0.2, 0.25) is 0 Å². The first-order chi connectivity index (χ1) is 5.95. The Bertz CT molecular complexity index is 171. The molecular formula is C8H14F3NO. The van der Waals surface area contributed by atoms with Crippen LogP contribution in [0.4, 0.5) is 13.2 Å². The van der Waals surface area contributed by atoms with Gasteiger partial charge in [-0.15, -0.1) is 0 Å². The van der Waals surface area contributed by atoms with Crippen molar-refractivity contribution in [3.05, 3.63) is 0 Å². The quantitative estimate of drug-likeness (QED) is 0.665. The van der Waals surface area contributed by atoms with Gasteiger partial charge in [-0.1, -0.05) is 0 Å². The van der Waals surface area contributed by atoms with Crippen LogP contribution in [-0.4, -0.2) is 44.4 Å². The second-order valence-electron chi connectivity index (χ2n) is 3.52. The first kappa shape index (κ1) is 10.8. The summed E-state index contributed by atoms with van der Waals surface area (Å²) in [6, 6.07) is -0.0865. The minimum Gasteiger partial charge on any atom is -0.383 e. The second-order valence-corrected chi connectivity index (χ2v) is 3.52. The largest absolute Gasteiger partial charge is 0.393 e. The van der Waals surface area contributed by atoms with Crippen LogP contribution in [0.15, 0.2) is 0 Å². The maximum Gasteiger partial charge on any atom is 0.393 e. The molecule has 0 unspecified atom stereocenters. The lowest BCUT2D eigenvalue weighted by atomic mass is 10.1. The fourth-order valence-electron chi connectivity index (χ4n) is 1.70. The highest BCUT2D eigenvalue weighted by molar-refractivity contribution is 4.86. The Labute approximate surface area is 75.7 Å². The molecule has 0 amide bonds. The summed E-state index contributed by atoms with van der Waals surface area (Å²) in [7, 11) is 3.21. The number of likely N-dealkylation sites (tertiary alicyclic amines) is 1.